The number of amides is 2. The number of nitro benzene ring substituents is 2. The molecule has 304 valence electrons. The molecule has 4 aromatic rings. The lowest BCUT2D eigenvalue weighted by Gasteiger charge is -2.44. The number of aryl methyl sites for hydroxylation is 4. The Morgan fingerprint density at radius 3 is 1.68 bits per heavy atom. The number of fused-ring (bicyclic) bond motifs is 2. The van der Waals surface area contributed by atoms with Crippen LogP contribution in [-0.2, 0) is 17.8 Å². The number of hydrogen-bond acceptors (Lipinski definition) is 9. The minimum Gasteiger partial charge on any atom is -0.465 e. The molecule has 2 fully saturated rings. The lowest BCUT2D eigenvalue weighted by Crippen LogP contribution is -2.51. The van der Waals surface area contributed by atoms with Crippen molar-refractivity contribution in [3.8, 4) is 0 Å². The van der Waals surface area contributed by atoms with Crippen molar-refractivity contribution in [3.63, 3.8) is 0 Å². The van der Waals surface area contributed by atoms with E-state index in [0.717, 1.165) is 71.7 Å². The van der Waals surface area contributed by atoms with Crippen molar-refractivity contribution < 1.29 is 29.3 Å². The number of aromatic nitrogens is 4. The Labute approximate surface area is 327 Å². The van der Waals surface area contributed by atoms with E-state index in [-0.39, 0.29) is 38.8 Å². The first-order chi connectivity index (χ1) is 26.2. The van der Waals surface area contributed by atoms with Gasteiger partial charge in [-0.05, 0) is 103 Å². The molecule has 0 aliphatic carbocycles. The van der Waals surface area contributed by atoms with E-state index in [1.165, 1.54) is 12.1 Å². The molecular weight excluding hydrogens is 720 g/mol. The summed E-state index contributed by atoms with van der Waals surface area (Å²) in [5.41, 5.74) is 2.88. The summed E-state index contributed by atoms with van der Waals surface area (Å²) in [6.07, 6.45) is 4.23. The summed E-state index contributed by atoms with van der Waals surface area (Å²) in [6, 6.07) is 9.73. The fourth-order valence-electron chi connectivity index (χ4n) is 7.92. The molecule has 2 saturated heterocycles. The molecule has 2 aromatic heterocycles. The lowest BCUT2D eigenvalue weighted by molar-refractivity contribution is -0.384. The van der Waals surface area contributed by atoms with Gasteiger partial charge in [-0.3, -0.25) is 29.6 Å². The van der Waals surface area contributed by atoms with Crippen LogP contribution in [0.1, 0.15) is 91.5 Å². The second-order valence-corrected chi connectivity index (χ2v) is 17.3. The van der Waals surface area contributed by atoms with Gasteiger partial charge in [-0.15, -0.1) is 0 Å². The largest absolute Gasteiger partial charge is 0.465 e. The molecule has 0 bridgehead atoms. The van der Waals surface area contributed by atoms with Gasteiger partial charge in [0.2, 0.25) is 0 Å². The fourth-order valence-corrected chi connectivity index (χ4v) is 7.92. The quantitative estimate of drug-likeness (QED) is 0.134. The molecule has 16 heteroatoms. The van der Waals surface area contributed by atoms with Crippen LogP contribution in [0.15, 0.2) is 36.4 Å². The van der Waals surface area contributed by atoms with Crippen molar-refractivity contribution in [1.29, 1.82) is 0 Å². The number of piperidine rings is 2. The zero-order chi connectivity index (χ0) is 41.1. The highest BCUT2D eigenvalue weighted by molar-refractivity contribution is 5.84. The van der Waals surface area contributed by atoms with Gasteiger partial charge in [0.05, 0.1) is 32.3 Å². The van der Waals surface area contributed by atoms with Crippen molar-refractivity contribution >= 4 is 45.4 Å². The summed E-state index contributed by atoms with van der Waals surface area (Å²) in [5.74, 6) is 0.898. The second-order valence-electron chi connectivity index (χ2n) is 17.3. The van der Waals surface area contributed by atoms with Gasteiger partial charge in [-0.1, -0.05) is 20.8 Å². The molecule has 2 atom stereocenters. The first kappa shape index (κ1) is 41.9. The van der Waals surface area contributed by atoms with Crippen molar-refractivity contribution in [2.45, 2.75) is 119 Å². The maximum atomic E-state index is 12.2. The Bertz CT molecular complexity index is 2070. The normalized spacial score (nSPS) is 18.1. The van der Waals surface area contributed by atoms with Crippen LogP contribution >= 0.6 is 0 Å². The number of ether oxygens (including phenoxy) is 1. The predicted molar refractivity (Wildman–Crippen MR) is 213 cm³/mol. The number of benzene rings is 2. The summed E-state index contributed by atoms with van der Waals surface area (Å²) in [7, 11) is 0. The Kier molecular flexibility index (Phi) is 12.6. The number of nitrogens with zero attached hydrogens (tertiary/aromatic N) is 8. The Morgan fingerprint density at radius 2 is 1.25 bits per heavy atom. The third-order valence-electron chi connectivity index (χ3n) is 11.0. The van der Waals surface area contributed by atoms with Crippen LogP contribution in [0, 0.1) is 51.3 Å². The highest BCUT2D eigenvalue weighted by atomic mass is 16.6. The molecule has 2 aliphatic rings. The summed E-state index contributed by atoms with van der Waals surface area (Å²) < 4.78 is 9.17. The van der Waals surface area contributed by atoms with Gasteiger partial charge in [0.1, 0.15) is 5.60 Å². The summed E-state index contributed by atoms with van der Waals surface area (Å²) in [6.45, 7) is 19.0. The highest BCUT2D eigenvalue weighted by Crippen LogP contribution is 2.36. The Hall–Kier alpha value is -5.28. The van der Waals surface area contributed by atoms with Crippen molar-refractivity contribution in [3.05, 3.63) is 68.0 Å². The molecule has 0 spiro atoms. The second kappa shape index (κ2) is 16.8. The minimum atomic E-state index is -0.848. The molecule has 6 rings (SSSR count). The summed E-state index contributed by atoms with van der Waals surface area (Å²) in [4.78, 5) is 48.5. The topological polar surface area (TPSA) is 192 Å². The molecule has 56 heavy (non-hydrogen) atoms. The minimum absolute atomic E-state index is 0.0130. The van der Waals surface area contributed by atoms with Crippen molar-refractivity contribution in [1.82, 2.24) is 29.4 Å². The van der Waals surface area contributed by atoms with Gasteiger partial charge in [0.15, 0.2) is 0 Å². The molecular formula is C40H56N8O8. The predicted octanol–water partition coefficient (Wildman–Crippen LogP) is 8.74. The first-order valence-corrected chi connectivity index (χ1v) is 19.4. The molecule has 0 saturated carbocycles. The maximum absolute atomic E-state index is 12.2. The average Bonchev–Trinajstić information content (AvgIpc) is 3.62. The van der Waals surface area contributed by atoms with E-state index in [1.807, 2.05) is 44.0 Å². The van der Waals surface area contributed by atoms with Crippen LogP contribution in [0.5, 0.6) is 0 Å². The molecule has 1 N–H and O–H groups in total. The fraction of sp³-hybridized carbons (Fsp3) is 0.600. The molecule has 2 aromatic carbocycles. The Balaban J connectivity index is 0.000000214. The number of carbonyl (C=O) groups excluding carboxylic acids is 1. The molecule has 2 aliphatic heterocycles. The van der Waals surface area contributed by atoms with Gasteiger partial charge >= 0.3 is 12.2 Å². The van der Waals surface area contributed by atoms with E-state index in [0.29, 0.717) is 44.6 Å². The molecule has 4 heterocycles. The van der Waals surface area contributed by atoms with Crippen LogP contribution in [0.2, 0.25) is 0 Å². The third-order valence-corrected chi connectivity index (χ3v) is 11.0. The van der Waals surface area contributed by atoms with Gasteiger partial charge < -0.3 is 19.6 Å². The van der Waals surface area contributed by atoms with Gasteiger partial charge in [-0.25, -0.2) is 9.59 Å². The number of carbonyl (C=O) groups is 2. The van der Waals surface area contributed by atoms with Crippen molar-refractivity contribution in [2.75, 3.05) is 19.6 Å². The molecule has 16 nitrogen and oxygen atoms in total. The Morgan fingerprint density at radius 1 is 0.786 bits per heavy atom. The van der Waals surface area contributed by atoms with Gasteiger partial charge in [0.25, 0.3) is 11.4 Å². The van der Waals surface area contributed by atoms with Crippen LogP contribution in [0.3, 0.4) is 0 Å². The van der Waals surface area contributed by atoms with Gasteiger partial charge in [-0.2, -0.15) is 10.2 Å². The SMILES string of the molecule is Cc1nn(CCC2CCN(C(=O)O)C(C(C)(C)C)C2)c2cc([N+](=O)[O-])ccc12.Cc1nn(CCC2CCN(C(=O)OC(C)(C)C)CC2)c2cc([N+](=O)[O-])ccc12. The number of likely N-dealkylation sites (tertiary alicyclic amines) is 2. The molecule has 0 radical (unpaired) electrons. The lowest BCUT2D eigenvalue weighted by atomic mass is 9.76. The van der Waals surface area contributed by atoms with Crippen molar-refractivity contribution in [2.24, 2.45) is 17.3 Å². The number of nitro groups is 2. The van der Waals surface area contributed by atoms with E-state index in [1.54, 1.807) is 34.1 Å². The van der Waals surface area contributed by atoms with Gasteiger partial charge in [0, 0.05) is 73.8 Å². The van der Waals surface area contributed by atoms with Crippen LogP contribution in [0.4, 0.5) is 21.0 Å². The number of rotatable bonds is 8. The average molecular weight is 777 g/mol. The van der Waals surface area contributed by atoms with E-state index in [4.69, 9.17) is 4.74 Å². The van der Waals surface area contributed by atoms with Crippen LogP contribution in [-0.4, -0.2) is 87.8 Å². The van der Waals surface area contributed by atoms with E-state index in [9.17, 15) is 34.9 Å². The zero-order valence-electron chi connectivity index (χ0n) is 33.9. The highest BCUT2D eigenvalue weighted by Gasteiger charge is 2.38. The summed E-state index contributed by atoms with van der Waals surface area (Å²) in [5, 5.41) is 42.7. The summed E-state index contributed by atoms with van der Waals surface area (Å²) >= 11 is 0. The molecule has 2 unspecified atom stereocenters. The standard InChI is InChI=1S/2C20H28N4O4/c1-14-17-6-5-16(24(26)27)13-18(17)23(21-14)12-9-15-7-10-22(11-8-15)19(25)28-20(2,3)4;1-13-16-6-5-15(24(27)28)12-17(16)23(21-13)10-8-14-7-9-22(19(25)26)18(11-14)20(2,3)4/h5-6,13,15H,7-12H2,1-4H3;5-6,12,14,18H,7-11H2,1-4H3,(H,25,26). The van der Waals surface area contributed by atoms with E-state index in [2.05, 4.69) is 31.0 Å². The zero-order valence-corrected chi connectivity index (χ0v) is 33.9. The number of non-ortho nitro benzene ring substituents is 2. The van der Waals surface area contributed by atoms with Crippen LogP contribution in [0.25, 0.3) is 21.8 Å². The number of hydrogen-bond donors (Lipinski definition) is 1. The maximum Gasteiger partial charge on any atom is 0.410 e. The van der Waals surface area contributed by atoms with Crippen LogP contribution < -0.4 is 0 Å². The van der Waals surface area contributed by atoms with E-state index >= 15 is 0 Å². The molecule has 2 amide bonds. The third kappa shape index (κ3) is 10.1. The smallest absolute Gasteiger partial charge is 0.410 e. The number of carboxylic acid groups (broad SMARTS) is 1. The first-order valence-electron chi connectivity index (χ1n) is 19.4. The van der Waals surface area contributed by atoms with E-state index < -0.39 is 11.7 Å². The monoisotopic (exact) mass is 776 g/mol.